The molecule has 1 aliphatic carbocycles. The molecule has 244 valence electrons. The highest BCUT2D eigenvalue weighted by Crippen LogP contribution is 2.47. The number of hydrogen-bond donors (Lipinski definition) is 0. The van der Waals surface area contributed by atoms with Gasteiger partial charge in [-0.2, -0.15) is 28.2 Å². The maximum absolute atomic E-state index is 16.9. The lowest BCUT2D eigenvalue weighted by atomic mass is 9.91. The van der Waals surface area contributed by atoms with Gasteiger partial charge in [-0.15, -0.1) is 0 Å². The molecule has 4 atom stereocenters. The van der Waals surface area contributed by atoms with Crippen molar-refractivity contribution >= 4 is 27.6 Å². The van der Waals surface area contributed by atoms with Crippen molar-refractivity contribution in [1.82, 2.24) is 24.6 Å². The molecule has 0 radical (unpaired) electrons. The van der Waals surface area contributed by atoms with Crippen molar-refractivity contribution in [2.75, 3.05) is 37.7 Å². The summed E-state index contributed by atoms with van der Waals surface area (Å²) in [5.41, 5.74) is -3.88. The molecule has 3 aliphatic heterocycles. The molecule has 3 saturated heterocycles. The van der Waals surface area contributed by atoms with Crippen LogP contribution in [0.5, 0.6) is 6.01 Å². The molecule has 0 spiro atoms. The molecule has 4 fully saturated rings. The number of ether oxygens (including phenoxy) is 1. The third-order valence-electron chi connectivity index (χ3n) is 10.6. The van der Waals surface area contributed by atoms with Gasteiger partial charge < -0.3 is 9.64 Å². The summed E-state index contributed by atoms with van der Waals surface area (Å²) >= 11 is 0. The second kappa shape index (κ2) is 10.4. The van der Waals surface area contributed by atoms with Crippen molar-refractivity contribution < 1.29 is 31.1 Å². The van der Waals surface area contributed by atoms with Gasteiger partial charge in [0.25, 0.3) is 0 Å². The molecule has 2 unspecified atom stereocenters. The van der Waals surface area contributed by atoms with E-state index in [2.05, 4.69) is 20.0 Å². The number of anilines is 1. The van der Waals surface area contributed by atoms with Crippen molar-refractivity contribution in [1.29, 1.82) is 0 Å². The smallest absolute Gasteiger partial charge is 0.417 e. The van der Waals surface area contributed by atoms with Gasteiger partial charge in [0.15, 0.2) is 5.82 Å². The van der Waals surface area contributed by atoms with E-state index in [1.165, 1.54) is 30.9 Å². The van der Waals surface area contributed by atoms with Crippen LogP contribution < -0.4 is 9.64 Å². The highest BCUT2D eigenvalue weighted by atomic mass is 19.4. The first-order chi connectivity index (χ1) is 21.9. The van der Waals surface area contributed by atoms with E-state index >= 15 is 8.78 Å². The van der Waals surface area contributed by atoms with Crippen molar-refractivity contribution in [3.8, 4) is 17.1 Å². The number of rotatable bonds is 5. The molecule has 4 aromatic rings. The van der Waals surface area contributed by atoms with E-state index in [1.54, 1.807) is 0 Å². The fourth-order valence-electron chi connectivity index (χ4n) is 8.76. The van der Waals surface area contributed by atoms with E-state index < -0.39 is 46.2 Å². The molecule has 0 N–H and O–H groups in total. The summed E-state index contributed by atoms with van der Waals surface area (Å²) in [6.45, 7) is 3.70. The standard InChI is InChI=1S/C33H34F6N6O/c1-17-8-20-14-43(2)42-28(20)25(26(17)33(37,38)39)24-23(35)10-22-29(27(24)36)40-31(41-30(22)44-12-18-4-5-19(9-18)13-44)46-16-32-6-3-7-45(32)15-21(34)11-32/h8,10,14,18-19,21H,3-7,9,11-13,15-16H2,1-2H3/t18?,19?,21-,32+/m1/s1. The molecule has 13 heteroatoms. The molecule has 0 amide bonds. The van der Waals surface area contributed by atoms with Crippen LogP contribution in [0, 0.1) is 30.4 Å². The highest BCUT2D eigenvalue weighted by Gasteiger charge is 2.49. The minimum absolute atomic E-state index is 0.0659. The zero-order valence-corrected chi connectivity index (χ0v) is 25.6. The van der Waals surface area contributed by atoms with E-state index in [4.69, 9.17) is 4.74 Å². The lowest BCUT2D eigenvalue weighted by molar-refractivity contribution is -0.137. The van der Waals surface area contributed by atoms with E-state index in [0.29, 0.717) is 49.1 Å². The number of fused-ring (bicyclic) bond motifs is 5. The minimum Gasteiger partial charge on any atom is -0.461 e. The highest BCUT2D eigenvalue weighted by molar-refractivity contribution is 6.01. The zero-order chi connectivity index (χ0) is 32.1. The maximum Gasteiger partial charge on any atom is 0.417 e. The van der Waals surface area contributed by atoms with Gasteiger partial charge >= 0.3 is 12.2 Å². The molecule has 2 aromatic carbocycles. The van der Waals surface area contributed by atoms with Gasteiger partial charge in [-0.3, -0.25) is 9.58 Å². The largest absolute Gasteiger partial charge is 0.461 e. The summed E-state index contributed by atoms with van der Waals surface area (Å²) in [5.74, 6) is -1.29. The molecule has 2 bridgehead atoms. The SMILES string of the molecule is Cc1cc2cn(C)nc2c(-c2c(F)cc3c(N4CC5CCC(C5)C4)nc(OC[C@@]45CCCN4C[C@H](F)C5)nc3c2F)c1C(F)(F)F. The normalized spacial score (nSPS) is 26.5. The van der Waals surface area contributed by atoms with E-state index in [0.717, 1.165) is 44.7 Å². The maximum atomic E-state index is 16.9. The van der Waals surface area contributed by atoms with Crippen LogP contribution in [0.15, 0.2) is 18.3 Å². The average Bonchev–Trinajstić information content (AvgIpc) is 3.72. The van der Waals surface area contributed by atoms with Gasteiger partial charge in [0.1, 0.15) is 35.4 Å². The van der Waals surface area contributed by atoms with Crippen LogP contribution in [0.2, 0.25) is 0 Å². The molecular weight excluding hydrogens is 610 g/mol. The Morgan fingerprint density at radius 1 is 1.02 bits per heavy atom. The van der Waals surface area contributed by atoms with Gasteiger partial charge in [0.05, 0.1) is 16.7 Å². The first-order valence-electron chi connectivity index (χ1n) is 15.9. The lowest BCUT2D eigenvalue weighted by Crippen LogP contribution is -2.43. The number of halogens is 6. The number of alkyl halides is 4. The molecule has 5 heterocycles. The predicted molar refractivity (Wildman–Crippen MR) is 160 cm³/mol. The first kappa shape index (κ1) is 29.8. The number of hydrogen-bond acceptors (Lipinski definition) is 6. The third-order valence-corrected chi connectivity index (χ3v) is 10.6. The second-order valence-corrected chi connectivity index (χ2v) is 13.8. The number of aryl methyl sites for hydroxylation is 2. The van der Waals surface area contributed by atoms with Crippen molar-refractivity contribution in [3.63, 3.8) is 0 Å². The van der Waals surface area contributed by atoms with Crippen LogP contribution >= 0.6 is 0 Å². The molecular formula is C33H34F6N6O. The van der Waals surface area contributed by atoms with Gasteiger partial charge in [-0.05, 0) is 75.1 Å². The van der Waals surface area contributed by atoms with Crippen molar-refractivity contribution in [2.45, 2.75) is 63.3 Å². The zero-order valence-electron chi connectivity index (χ0n) is 25.6. The summed E-state index contributed by atoms with van der Waals surface area (Å²) in [4.78, 5) is 13.1. The second-order valence-electron chi connectivity index (χ2n) is 13.8. The van der Waals surface area contributed by atoms with Crippen molar-refractivity contribution in [2.24, 2.45) is 18.9 Å². The number of nitrogens with zero attached hydrogens (tertiary/aromatic N) is 6. The van der Waals surface area contributed by atoms with Crippen LogP contribution in [0.1, 0.15) is 49.7 Å². The third kappa shape index (κ3) is 4.71. The molecule has 7 nitrogen and oxygen atoms in total. The van der Waals surface area contributed by atoms with Gasteiger partial charge in [0.2, 0.25) is 0 Å². The Balaban J connectivity index is 1.32. The summed E-state index contributed by atoms with van der Waals surface area (Å²) in [5, 5.41) is 4.58. The van der Waals surface area contributed by atoms with Crippen LogP contribution in [-0.2, 0) is 13.2 Å². The summed E-state index contributed by atoms with van der Waals surface area (Å²) < 4.78 is 98.8. The van der Waals surface area contributed by atoms with Gasteiger partial charge in [-0.25, -0.2) is 13.2 Å². The molecule has 1 saturated carbocycles. The lowest BCUT2D eigenvalue weighted by Gasteiger charge is -2.34. The topological polar surface area (TPSA) is 59.3 Å². The predicted octanol–water partition coefficient (Wildman–Crippen LogP) is 6.98. The average molecular weight is 645 g/mol. The van der Waals surface area contributed by atoms with Gasteiger partial charge in [0, 0.05) is 55.6 Å². The Kier molecular flexibility index (Phi) is 6.76. The Hall–Kier alpha value is -3.61. The number of aromatic nitrogens is 4. The van der Waals surface area contributed by atoms with Gasteiger partial charge in [-0.1, -0.05) is 0 Å². The molecule has 8 rings (SSSR count). The molecule has 4 aliphatic rings. The quantitative estimate of drug-likeness (QED) is 0.219. The van der Waals surface area contributed by atoms with Crippen LogP contribution in [-0.4, -0.2) is 69.1 Å². The first-order valence-corrected chi connectivity index (χ1v) is 15.9. The summed E-state index contributed by atoms with van der Waals surface area (Å²) in [7, 11) is 1.54. The Bertz CT molecular complexity index is 1860. The number of piperidine rings is 1. The van der Waals surface area contributed by atoms with Crippen molar-refractivity contribution in [3.05, 3.63) is 41.1 Å². The Morgan fingerprint density at radius 3 is 2.52 bits per heavy atom. The minimum atomic E-state index is -4.92. The summed E-state index contributed by atoms with van der Waals surface area (Å²) in [6.07, 6.45) is 0.730. The van der Waals surface area contributed by atoms with Crippen LogP contribution in [0.3, 0.4) is 0 Å². The summed E-state index contributed by atoms with van der Waals surface area (Å²) in [6, 6.07) is 2.20. The van der Waals surface area contributed by atoms with Crippen LogP contribution in [0.25, 0.3) is 32.9 Å². The fraction of sp³-hybridized carbons (Fsp3) is 0.545. The van der Waals surface area contributed by atoms with E-state index in [9.17, 15) is 17.6 Å². The molecule has 46 heavy (non-hydrogen) atoms. The Labute approximate surface area is 261 Å². The fourth-order valence-corrected chi connectivity index (χ4v) is 8.76. The molecule has 2 aromatic heterocycles. The Morgan fingerprint density at radius 2 is 1.78 bits per heavy atom. The monoisotopic (exact) mass is 644 g/mol. The van der Waals surface area contributed by atoms with E-state index in [1.807, 2.05) is 4.90 Å². The van der Waals surface area contributed by atoms with Crippen LogP contribution in [0.4, 0.5) is 32.2 Å². The van der Waals surface area contributed by atoms with E-state index in [-0.39, 0.29) is 34.6 Å². The number of benzene rings is 2.